The van der Waals surface area contributed by atoms with Gasteiger partial charge in [0.25, 0.3) is 0 Å². The number of rotatable bonds is 0. The largest absolute Gasteiger partial charge is 0.694 e. The fraction of sp³-hybridized carbons (Fsp3) is 0.478. The fourth-order valence-corrected chi connectivity index (χ4v) is 2.81. The van der Waals surface area contributed by atoms with Crippen LogP contribution in [-0.2, 0) is 0 Å². The molecule has 2 fully saturated rings. The summed E-state index contributed by atoms with van der Waals surface area (Å²) in [6.45, 7) is 23.5. The van der Waals surface area contributed by atoms with Gasteiger partial charge in [-0.05, 0) is 66.1 Å². The Morgan fingerprint density at radius 2 is 0.458 bits per heavy atom. The molecule has 0 atom stereocenters. The molecule has 2 saturated carbocycles. The molecule has 10 radical (unpaired) electrons. The van der Waals surface area contributed by atoms with E-state index in [2.05, 4.69) is 69.2 Å². The molecule has 0 aromatic heterocycles. The third-order valence-corrected chi connectivity index (χ3v) is 5.62. The van der Waals surface area contributed by atoms with Crippen molar-refractivity contribution in [3.63, 3.8) is 0 Å². The molecule has 0 aliphatic heterocycles. The van der Waals surface area contributed by atoms with Crippen molar-refractivity contribution in [2.75, 3.05) is 0 Å². The fourth-order valence-electron chi connectivity index (χ4n) is 2.81. The van der Waals surface area contributed by atoms with Gasteiger partial charge in [0, 0.05) is 41.7 Å². The van der Waals surface area contributed by atoms with Crippen molar-refractivity contribution in [2.24, 2.45) is 0 Å². The predicted molar refractivity (Wildman–Crippen MR) is 102 cm³/mol. The van der Waals surface area contributed by atoms with Gasteiger partial charge in [0.2, 0.25) is 0 Å². The van der Waals surface area contributed by atoms with Gasteiger partial charge in [0.1, 0.15) is 0 Å². The molecule has 2 rings (SSSR count). The Morgan fingerprint density at radius 1 is 0.417 bits per heavy atom. The van der Waals surface area contributed by atoms with Crippen LogP contribution in [0, 0.1) is 113 Å². The first kappa shape index (κ1) is 27.2. The molecule has 0 N–H and O–H groups in total. The molecule has 0 saturated heterocycles. The van der Waals surface area contributed by atoms with Crippen LogP contribution >= 0.6 is 0 Å². The summed E-state index contributed by atoms with van der Waals surface area (Å²) in [5.74, 6) is 16.7. The third-order valence-electron chi connectivity index (χ3n) is 5.62. The molecule has 130 valence electrons. The first-order chi connectivity index (χ1) is 10.5. The van der Waals surface area contributed by atoms with Crippen LogP contribution in [0.3, 0.4) is 0 Å². The Labute approximate surface area is 188 Å². The molecule has 0 heterocycles. The Bertz CT molecular complexity index is 249. The Kier molecular flexibility index (Phi) is 14.0. The second-order valence-corrected chi connectivity index (χ2v) is 6.50. The third kappa shape index (κ3) is 6.59. The molecular formula is C23H33Ce-. The minimum atomic E-state index is 0. The predicted octanol–water partition coefficient (Wildman–Crippen LogP) is 6.54. The van der Waals surface area contributed by atoms with Gasteiger partial charge in [-0.1, -0.05) is 69.2 Å². The van der Waals surface area contributed by atoms with Gasteiger partial charge in [0.15, 0.2) is 0 Å². The molecule has 0 spiro atoms. The van der Waals surface area contributed by atoms with E-state index in [4.69, 9.17) is 6.42 Å². The van der Waals surface area contributed by atoms with E-state index in [0.717, 1.165) is 0 Å². The van der Waals surface area contributed by atoms with Gasteiger partial charge in [-0.2, -0.15) is 0 Å². The van der Waals surface area contributed by atoms with Crippen molar-refractivity contribution in [1.29, 1.82) is 0 Å². The quantitative estimate of drug-likeness (QED) is 0.291. The van der Waals surface area contributed by atoms with E-state index in [1.165, 1.54) is 59.2 Å². The van der Waals surface area contributed by atoms with Gasteiger partial charge in [-0.3, -0.25) is 0 Å². The van der Waals surface area contributed by atoms with Crippen molar-refractivity contribution in [3.8, 4) is 5.92 Å². The van der Waals surface area contributed by atoms with E-state index in [0.29, 0.717) is 0 Å². The number of hydrogen-bond acceptors (Lipinski definition) is 0. The van der Waals surface area contributed by atoms with Crippen LogP contribution in [0.4, 0.5) is 0 Å². The molecule has 2 aliphatic carbocycles. The average Bonchev–Trinajstić information content (AvgIpc) is 2.80. The summed E-state index contributed by atoms with van der Waals surface area (Å²) >= 11 is 0. The van der Waals surface area contributed by atoms with Crippen molar-refractivity contribution < 1.29 is 41.7 Å². The van der Waals surface area contributed by atoms with Crippen LogP contribution in [0.5, 0.6) is 0 Å². The average molecular weight is 450 g/mol. The molecular weight excluding hydrogens is 416 g/mol. The maximum Gasteiger partial charge on any atom is 0 e. The van der Waals surface area contributed by atoms with Crippen LogP contribution < -0.4 is 0 Å². The zero-order valence-electron chi connectivity index (χ0n) is 17.5. The Morgan fingerprint density at radius 3 is 0.500 bits per heavy atom. The Balaban J connectivity index is 0. The van der Waals surface area contributed by atoms with Crippen molar-refractivity contribution in [3.05, 3.63) is 65.6 Å². The van der Waals surface area contributed by atoms with E-state index in [9.17, 15) is 0 Å². The first-order valence-corrected chi connectivity index (χ1v) is 8.25. The van der Waals surface area contributed by atoms with Gasteiger partial charge >= 0.3 is 0 Å². The number of hydrogen-bond donors (Lipinski definition) is 0. The first-order valence-electron chi connectivity index (χ1n) is 8.25. The van der Waals surface area contributed by atoms with Crippen molar-refractivity contribution in [2.45, 2.75) is 76.2 Å². The zero-order valence-corrected chi connectivity index (χ0v) is 20.6. The molecule has 0 aromatic rings. The molecule has 0 aromatic carbocycles. The molecule has 24 heavy (non-hydrogen) atoms. The van der Waals surface area contributed by atoms with E-state index < -0.39 is 0 Å². The summed E-state index contributed by atoms with van der Waals surface area (Å²) in [6.07, 6.45) is 5.96. The Hall–Kier alpha value is 0.937. The minimum Gasteiger partial charge on any atom is -0.694 e. The second kappa shape index (κ2) is 12.3. The van der Waals surface area contributed by atoms with E-state index in [1.807, 2.05) is 5.92 Å². The monoisotopic (exact) mass is 449 g/mol. The minimum absolute atomic E-state index is 0. The van der Waals surface area contributed by atoms with Crippen LogP contribution in [0.25, 0.3) is 0 Å². The molecule has 1 heteroatoms. The maximum atomic E-state index is 5.96. The van der Waals surface area contributed by atoms with Crippen LogP contribution in [0.2, 0.25) is 0 Å². The van der Waals surface area contributed by atoms with E-state index >= 15 is 0 Å². The zero-order chi connectivity index (χ0) is 18.5. The second-order valence-electron chi connectivity index (χ2n) is 6.50. The smallest absolute Gasteiger partial charge is 0 e. The normalized spacial score (nSPS) is 24.1. The van der Waals surface area contributed by atoms with Gasteiger partial charge < -0.3 is 12.3 Å². The van der Waals surface area contributed by atoms with Crippen LogP contribution in [0.1, 0.15) is 76.2 Å². The molecule has 2 aliphatic rings. The molecule has 0 amide bonds. The summed E-state index contributed by atoms with van der Waals surface area (Å²) < 4.78 is 0. The van der Waals surface area contributed by atoms with Gasteiger partial charge in [-0.15, -0.1) is 0 Å². The van der Waals surface area contributed by atoms with Gasteiger partial charge in [0.05, 0.1) is 0 Å². The summed E-state index contributed by atoms with van der Waals surface area (Å²) in [5.41, 5.74) is 0. The standard InChI is InChI=1S/2C10H15.C3H3.Ce/c2*1-6-7(2)9(4)10(5)8(6)3;1-3-2;/h2*1-5H3;1H3;/q;;-1;. The van der Waals surface area contributed by atoms with Crippen molar-refractivity contribution in [1.82, 2.24) is 0 Å². The van der Waals surface area contributed by atoms with Gasteiger partial charge in [-0.25, -0.2) is 0 Å². The SMILES string of the molecule is C[C]1[C](C)[C](C)[C](C)[C]1C.C[C]1[C](C)[C](C)[C](C)[C]1C.[C-]#CC.[Ce]. The molecule has 0 nitrogen and oxygen atoms in total. The summed E-state index contributed by atoms with van der Waals surface area (Å²) in [6, 6.07) is 0. The van der Waals surface area contributed by atoms with E-state index in [-0.39, 0.29) is 41.7 Å². The topological polar surface area (TPSA) is 0 Å². The van der Waals surface area contributed by atoms with E-state index in [1.54, 1.807) is 6.92 Å². The summed E-state index contributed by atoms with van der Waals surface area (Å²) in [5, 5.41) is 0. The van der Waals surface area contributed by atoms with Crippen LogP contribution in [0.15, 0.2) is 0 Å². The van der Waals surface area contributed by atoms with Crippen LogP contribution in [-0.4, -0.2) is 0 Å². The summed E-state index contributed by atoms with van der Waals surface area (Å²) in [4.78, 5) is 0. The molecule has 0 bridgehead atoms. The maximum absolute atomic E-state index is 5.96. The summed E-state index contributed by atoms with van der Waals surface area (Å²) in [7, 11) is 0. The molecule has 0 unspecified atom stereocenters. The van der Waals surface area contributed by atoms with Crippen molar-refractivity contribution >= 4 is 0 Å².